The molecule has 0 bridgehead atoms. The van der Waals surface area contributed by atoms with Crippen molar-refractivity contribution in [2.75, 3.05) is 6.61 Å². The quantitative estimate of drug-likeness (QED) is 0.200. The molecular formula is C31H24F4N4O4. The first-order valence-corrected chi connectivity index (χ1v) is 13.4. The molecule has 1 fully saturated rings. The molecule has 6 rings (SSSR count). The summed E-state index contributed by atoms with van der Waals surface area (Å²) in [6, 6.07) is 16.5. The van der Waals surface area contributed by atoms with E-state index in [4.69, 9.17) is 14.5 Å². The van der Waals surface area contributed by atoms with Gasteiger partial charge in [0.05, 0.1) is 34.9 Å². The maximum absolute atomic E-state index is 15.4. The number of halogens is 4. The predicted octanol–water partition coefficient (Wildman–Crippen LogP) is 6.31. The highest BCUT2D eigenvalue weighted by Crippen LogP contribution is 2.29. The zero-order chi connectivity index (χ0) is 30.1. The third-order valence-electron chi connectivity index (χ3n) is 7.15. The number of ether oxygens (including phenoxy) is 2. The standard InChI is InChI=1S/C31H24F4N4O4/c32-23-12-18(13-28-37-25-8-6-20(30(40)41)14-26(25)39(28)16-21-10-11-42-21)4-7-22(23)24-2-1-3-29(38-24)43-17-19-5-9-27(36-15-19)31(33,34)35/h1-9,12,14-15,21H,10-11,13,16-17H2,(H,40,41)/t21-/m0/s1. The molecule has 12 heteroatoms. The van der Waals surface area contributed by atoms with Crippen LogP contribution in [-0.2, 0) is 30.5 Å². The Labute approximate surface area is 242 Å². The van der Waals surface area contributed by atoms with E-state index in [0.29, 0.717) is 53.3 Å². The molecule has 1 saturated heterocycles. The second-order valence-electron chi connectivity index (χ2n) is 10.1. The minimum Gasteiger partial charge on any atom is -0.478 e. The molecule has 4 heterocycles. The number of rotatable bonds is 9. The third-order valence-corrected chi connectivity index (χ3v) is 7.15. The number of alkyl halides is 3. The van der Waals surface area contributed by atoms with Crippen LogP contribution >= 0.6 is 0 Å². The van der Waals surface area contributed by atoms with Gasteiger partial charge in [-0.25, -0.2) is 19.2 Å². The lowest BCUT2D eigenvalue weighted by atomic mass is 10.1. The van der Waals surface area contributed by atoms with Gasteiger partial charge in [0.1, 0.15) is 23.9 Å². The van der Waals surface area contributed by atoms with Crippen LogP contribution in [0.1, 0.15) is 39.4 Å². The van der Waals surface area contributed by atoms with E-state index in [2.05, 4.69) is 9.97 Å². The number of carboxylic acid groups (broad SMARTS) is 1. The summed E-state index contributed by atoms with van der Waals surface area (Å²) >= 11 is 0. The number of imidazole rings is 1. The largest absolute Gasteiger partial charge is 0.478 e. The number of hydrogen-bond acceptors (Lipinski definition) is 6. The molecule has 8 nitrogen and oxygen atoms in total. The molecule has 0 saturated carbocycles. The smallest absolute Gasteiger partial charge is 0.433 e. The highest BCUT2D eigenvalue weighted by molar-refractivity contribution is 5.92. The van der Waals surface area contributed by atoms with E-state index >= 15 is 4.39 Å². The van der Waals surface area contributed by atoms with Gasteiger partial charge in [-0.3, -0.25) is 4.98 Å². The van der Waals surface area contributed by atoms with Gasteiger partial charge in [-0.2, -0.15) is 13.2 Å². The summed E-state index contributed by atoms with van der Waals surface area (Å²) in [7, 11) is 0. The van der Waals surface area contributed by atoms with Crippen LogP contribution in [0.25, 0.3) is 22.3 Å². The average molecular weight is 593 g/mol. The van der Waals surface area contributed by atoms with Gasteiger partial charge in [0.15, 0.2) is 0 Å². The molecule has 3 aromatic heterocycles. The van der Waals surface area contributed by atoms with E-state index in [9.17, 15) is 23.1 Å². The number of fused-ring (bicyclic) bond motifs is 1. The second kappa shape index (κ2) is 11.4. The van der Waals surface area contributed by atoms with Gasteiger partial charge in [0.2, 0.25) is 5.88 Å². The van der Waals surface area contributed by atoms with Crippen molar-refractivity contribution >= 4 is 17.0 Å². The van der Waals surface area contributed by atoms with E-state index in [-0.39, 0.29) is 29.7 Å². The molecule has 0 aliphatic carbocycles. The average Bonchev–Trinajstić information content (AvgIpc) is 3.29. The molecule has 43 heavy (non-hydrogen) atoms. The summed E-state index contributed by atoms with van der Waals surface area (Å²) < 4.78 is 66.8. The zero-order valence-electron chi connectivity index (χ0n) is 22.5. The van der Waals surface area contributed by atoms with E-state index < -0.39 is 23.7 Å². The highest BCUT2D eigenvalue weighted by atomic mass is 19.4. The number of aromatic nitrogens is 4. The lowest BCUT2D eigenvalue weighted by Crippen LogP contribution is -2.31. The Morgan fingerprint density at radius 1 is 1.05 bits per heavy atom. The monoisotopic (exact) mass is 592 g/mol. The Balaban J connectivity index is 1.20. The van der Waals surface area contributed by atoms with Crippen LogP contribution in [-0.4, -0.2) is 43.3 Å². The fourth-order valence-corrected chi connectivity index (χ4v) is 4.82. The molecule has 220 valence electrons. The van der Waals surface area contributed by atoms with Gasteiger partial charge < -0.3 is 19.1 Å². The van der Waals surface area contributed by atoms with Crippen LogP contribution in [0.3, 0.4) is 0 Å². The molecule has 0 spiro atoms. The summed E-state index contributed by atoms with van der Waals surface area (Å²) in [5, 5.41) is 9.45. The van der Waals surface area contributed by atoms with Crippen LogP contribution in [0, 0.1) is 5.82 Å². The molecule has 1 aliphatic rings. The number of aromatic carboxylic acids is 1. The summed E-state index contributed by atoms with van der Waals surface area (Å²) in [5.74, 6) is -0.708. The van der Waals surface area contributed by atoms with Gasteiger partial charge in [-0.1, -0.05) is 18.2 Å². The van der Waals surface area contributed by atoms with Crippen molar-refractivity contribution in [1.82, 2.24) is 19.5 Å². The lowest BCUT2D eigenvalue weighted by molar-refractivity contribution is -0.141. The number of hydrogen-bond donors (Lipinski definition) is 1. The SMILES string of the molecule is O=C(O)c1ccc2nc(Cc3ccc(-c4cccc(OCc5ccc(C(F)(F)F)nc5)n4)c(F)c3)n(C[C@@H]3CCO3)c2c1. The number of benzene rings is 2. The van der Waals surface area contributed by atoms with Gasteiger partial charge in [0.25, 0.3) is 0 Å². The fourth-order valence-electron chi connectivity index (χ4n) is 4.82. The highest BCUT2D eigenvalue weighted by Gasteiger charge is 2.32. The van der Waals surface area contributed by atoms with Crippen molar-refractivity contribution in [3.05, 3.63) is 107 Å². The number of nitrogens with zero attached hydrogens (tertiary/aromatic N) is 4. The van der Waals surface area contributed by atoms with Crippen molar-refractivity contribution in [3.63, 3.8) is 0 Å². The Morgan fingerprint density at radius 2 is 1.86 bits per heavy atom. The first-order chi connectivity index (χ1) is 20.6. The maximum Gasteiger partial charge on any atom is 0.433 e. The van der Waals surface area contributed by atoms with Crippen molar-refractivity contribution < 1.29 is 36.9 Å². The van der Waals surface area contributed by atoms with E-state index in [1.807, 2.05) is 4.57 Å². The molecule has 1 N–H and O–H groups in total. The fraction of sp³-hybridized carbons (Fsp3) is 0.226. The van der Waals surface area contributed by atoms with Gasteiger partial charge in [0, 0.05) is 36.4 Å². The molecule has 2 aromatic carbocycles. The van der Waals surface area contributed by atoms with Gasteiger partial charge in [-0.05, 0) is 54.4 Å². The van der Waals surface area contributed by atoms with E-state index in [1.54, 1.807) is 42.5 Å². The van der Waals surface area contributed by atoms with Crippen LogP contribution in [0.4, 0.5) is 17.6 Å². The molecular weight excluding hydrogens is 568 g/mol. The molecule has 1 aliphatic heterocycles. The van der Waals surface area contributed by atoms with E-state index in [1.165, 1.54) is 18.2 Å². The minimum absolute atomic E-state index is 0.000157. The third kappa shape index (κ3) is 6.19. The van der Waals surface area contributed by atoms with Crippen LogP contribution in [0.5, 0.6) is 5.88 Å². The van der Waals surface area contributed by atoms with Crippen molar-refractivity contribution in [3.8, 4) is 17.1 Å². The predicted molar refractivity (Wildman–Crippen MR) is 147 cm³/mol. The first-order valence-electron chi connectivity index (χ1n) is 13.4. The van der Waals surface area contributed by atoms with Crippen molar-refractivity contribution in [2.24, 2.45) is 0 Å². The molecule has 0 radical (unpaired) electrons. The molecule has 5 aromatic rings. The maximum atomic E-state index is 15.4. The lowest BCUT2D eigenvalue weighted by Gasteiger charge is -2.27. The summed E-state index contributed by atoms with van der Waals surface area (Å²) in [6.45, 7) is 1.12. The van der Waals surface area contributed by atoms with Crippen molar-refractivity contribution in [1.29, 1.82) is 0 Å². The van der Waals surface area contributed by atoms with E-state index in [0.717, 1.165) is 18.7 Å². The topological polar surface area (TPSA) is 99.4 Å². The Bertz CT molecular complexity index is 1800. The number of carbonyl (C=O) groups is 1. The van der Waals surface area contributed by atoms with Crippen molar-refractivity contribution in [2.45, 2.75) is 38.3 Å². The Morgan fingerprint density at radius 3 is 2.53 bits per heavy atom. The molecule has 1 atom stereocenters. The second-order valence-corrected chi connectivity index (χ2v) is 10.1. The normalized spacial score (nSPS) is 14.9. The van der Waals surface area contributed by atoms with Gasteiger partial charge >= 0.3 is 12.1 Å². The molecule has 0 unspecified atom stereocenters. The minimum atomic E-state index is -4.53. The van der Waals surface area contributed by atoms with Gasteiger partial charge in [-0.15, -0.1) is 0 Å². The Hall–Kier alpha value is -4.84. The number of pyridine rings is 2. The number of carboxylic acids is 1. The zero-order valence-corrected chi connectivity index (χ0v) is 22.5. The van der Waals surface area contributed by atoms with Crippen LogP contribution in [0.2, 0.25) is 0 Å². The summed E-state index contributed by atoms with van der Waals surface area (Å²) in [6.07, 6.45) is -2.25. The summed E-state index contributed by atoms with van der Waals surface area (Å²) in [4.78, 5) is 24.0. The van der Waals surface area contributed by atoms with Crippen LogP contribution in [0.15, 0.2) is 72.9 Å². The first kappa shape index (κ1) is 28.3. The molecule has 0 amide bonds. The Kier molecular flexibility index (Phi) is 7.53. The summed E-state index contributed by atoms with van der Waals surface area (Å²) in [5.41, 5.74) is 2.13. The van der Waals surface area contributed by atoms with Crippen LogP contribution < -0.4 is 4.74 Å².